The Labute approximate surface area is 347 Å². The number of hydrogen-bond acceptors (Lipinski definition) is 5. The molecule has 0 N–H and O–H groups in total. The Morgan fingerprint density at radius 3 is 1.08 bits per heavy atom. The maximum atomic E-state index is 5.17. The summed E-state index contributed by atoms with van der Waals surface area (Å²) >= 11 is 0. The minimum atomic E-state index is 0.614. The molecule has 60 heavy (non-hydrogen) atoms. The van der Waals surface area contributed by atoms with E-state index in [9.17, 15) is 0 Å². The second-order valence-corrected chi connectivity index (χ2v) is 14.9. The quantitative estimate of drug-likeness (QED) is 0.151. The predicted molar refractivity (Wildman–Crippen MR) is 246 cm³/mol. The van der Waals surface area contributed by atoms with Gasteiger partial charge in [0.05, 0.1) is 11.4 Å². The topological polar surface area (TPSA) is 64.5 Å². The predicted octanol–water partition coefficient (Wildman–Crippen LogP) is 13.8. The van der Waals surface area contributed by atoms with Crippen LogP contribution in [0.5, 0.6) is 0 Å². The molecule has 2 heterocycles. The van der Waals surface area contributed by atoms with Crippen LogP contribution in [0.2, 0.25) is 0 Å². The van der Waals surface area contributed by atoms with E-state index >= 15 is 0 Å². The molecule has 0 saturated carbocycles. The van der Waals surface area contributed by atoms with Gasteiger partial charge in [-0.25, -0.2) is 24.9 Å². The van der Waals surface area contributed by atoms with Crippen LogP contribution in [0.25, 0.3) is 112 Å². The van der Waals surface area contributed by atoms with Gasteiger partial charge in [0, 0.05) is 33.4 Å². The zero-order valence-electron chi connectivity index (χ0n) is 32.4. The maximum Gasteiger partial charge on any atom is 0.164 e. The second-order valence-electron chi connectivity index (χ2n) is 14.9. The molecule has 0 aliphatic heterocycles. The van der Waals surface area contributed by atoms with Gasteiger partial charge in [0.2, 0.25) is 0 Å². The standard InChI is InChI=1S/C55H35N5/c1-4-15-37(16-5-1)50-35-51(57-52(56-50)39-17-6-2-7-18-39)38-29-27-36(28-30-38)41-21-14-22-42(33-41)54-58-53(40-19-8-3-9-20-40)59-55(60-54)43-31-32-48-46-25-11-10-23-44(46)45-24-12-13-26-47(45)49(48)34-43/h1-35H. The third kappa shape index (κ3) is 6.54. The molecule has 0 spiro atoms. The Morgan fingerprint density at radius 2 is 0.533 bits per heavy atom. The van der Waals surface area contributed by atoms with Crippen molar-refractivity contribution in [1.29, 1.82) is 0 Å². The van der Waals surface area contributed by atoms with Crippen LogP contribution in [0.3, 0.4) is 0 Å². The fraction of sp³-hybridized carbons (Fsp3) is 0. The molecule has 9 aromatic carbocycles. The molecule has 280 valence electrons. The number of hydrogen-bond donors (Lipinski definition) is 0. The van der Waals surface area contributed by atoms with Crippen molar-refractivity contribution in [3.8, 4) is 79.2 Å². The SMILES string of the molecule is c1ccc(-c2cc(-c3ccc(-c4cccc(-c5nc(-c6ccccc6)nc(-c6ccc7c8ccccc8c8ccccc8c7c6)n5)c4)cc3)nc(-c3ccccc3)n2)cc1. The van der Waals surface area contributed by atoms with Crippen molar-refractivity contribution in [1.82, 2.24) is 24.9 Å². The normalized spacial score (nSPS) is 11.3. The molecule has 5 heteroatoms. The average molecular weight is 766 g/mol. The van der Waals surface area contributed by atoms with Crippen molar-refractivity contribution in [2.24, 2.45) is 0 Å². The summed E-state index contributed by atoms with van der Waals surface area (Å²) in [6.45, 7) is 0. The number of nitrogens with zero attached hydrogens (tertiary/aromatic N) is 5. The molecule has 0 amide bonds. The summed E-state index contributed by atoms with van der Waals surface area (Å²) in [4.78, 5) is 25.3. The number of benzene rings is 9. The Bertz CT molecular complexity index is 3260. The van der Waals surface area contributed by atoms with Gasteiger partial charge in [-0.3, -0.25) is 0 Å². The van der Waals surface area contributed by atoms with Crippen LogP contribution in [0.1, 0.15) is 0 Å². The molecule has 0 fully saturated rings. The summed E-state index contributed by atoms with van der Waals surface area (Å²) in [7, 11) is 0. The highest BCUT2D eigenvalue weighted by Gasteiger charge is 2.16. The summed E-state index contributed by atoms with van der Waals surface area (Å²) in [5, 5.41) is 7.30. The first kappa shape index (κ1) is 35.0. The molecule has 2 aromatic heterocycles. The lowest BCUT2D eigenvalue weighted by Crippen LogP contribution is -2.00. The number of aromatic nitrogens is 5. The summed E-state index contributed by atoms with van der Waals surface area (Å²) in [5.41, 5.74) is 9.70. The molecule has 0 atom stereocenters. The van der Waals surface area contributed by atoms with Gasteiger partial charge >= 0.3 is 0 Å². The zero-order valence-corrected chi connectivity index (χ0v) is 32.4. The summed E-state index contributed by atoms with van der Waals surface area (Å²) < 4.78 is 0. The van der Waals surface area contributed by atoms with Crippen LogP contribution < -0.4 is 0 Å². The van der Waals surface area contributed by atoms with Crippen molar-refractivity contribution in [2.75, 3.05) is 0 Å². The monoisotopic (exact) mass is 765 g/mol. The van der Waals surface area contributed by atoms with Gasteiger partial charge in [-0.2, -0.15) is 0 Å². The molecule has 0 aliphatic carbocycles. The minimum Gasteiger partial charge on any atom is -0.228 e. The highest BCUT2D eigenvalue weighted by molar-refractivity contribution is 6.25. The van der Waals surface area contributed by atoms with Gasteiger partial charge in [-0.05, 0) is 61.6 Å². The Morgan fingerprint density at radius 1 is 0.183 bits per heavy atom. The number of rotatable bonds is 7. The lowest BCUT2D eigenvalue weighted by molar-refractivity contribution is 1.07. The van der Waals surface area contributed by atoms with Crippen molar-refractivity contribution >= 4 is 32.3 Å². The van der Waals surface area contributed by atoms with Crippen LogP contribution in [0.15, 0.2) is 212 Å². The van der Waals surface area contributed by atoms with Gasteiger partial charge in [-0.1, -0.05) is 194 Å². The molecule has 0 bridgehead atoms. The number of fused-ring (bicyclic) bond motifs is 6. The van der Waals surface area contributed by atoms with Crippen molar-refractivity contribution in [3.63, 3.8) is 0 Å². The fourth-order valence-corrected chi connectivity index (χ4v) is 8.14. The van der Waals surface area contributed by atoms with E-state index in [0.717, 1.165) is 55.9 Å². The molecule has 0 radical (unpaired) electrons. The Kier molecular flexibility index (Phi) is 8.75. The molecule has 0 unspecified atom stereocenters. The molecule has 0 aliphatic rings. The van der Waals surface area contributed by atoms with E-state index in [-0.39, 0.29) is 0 Å². The van der Waals surface area contributed by atoms with E-state index in [2.05, 4.69) is 133 Å². The summed E-state index contributed by atoms with van der Waals surface area (Å²) in [6.07, 6.45) is 0. The van der Waals surface area contributed by atoms with Gasteiger partial charge in [0.1, 0.15) is 0 Å². The van der Waals surface area contributed by atoms with E-state index in [1.807, 2.05) is 78.9 Å². The highest BCUT2D eigenvalue weighted by Crippen LogP contribution is 2.38. The fourth-order valence-electron chi connectivity index (χ4n) is 8.14. The minimum absolute atomic E-state index is 0.614. The maximum absolute atomic E-state index is 5.17. The first-order chi connectivity index (χ1) is 29.7. The van der Waals surface area contributed by atoms with Gasteiger partial charge in [-0.15, -0.1) is 0 Å². The molecular weight excluding hydrogens is 731 g/mol. The van der Waals surface area contributed by atoms with Crippen LogP contribution in [0, 0.1) is 0 Å². The largest absolute Gasteiger partial charge is 0.228 e. The van der Waals surface area contributed by atoms with E-state index in [1.165, 1.54) is 32.3 Å². The first-order valence-corrected chi connectivity index (χ1v) is 20.1. The molecule has 0 saturated heterocycles. The summed E-state index contributed by atoms with van der Waals surface area (Å²) in [5.74, 6) is 2.57. The van der Waals surface area contributed by atoms with Gasteiger partial charge in [0.15, 0.2) is 23.3 Å². The van der Waals surface area contributed by atoms with Crippen LogP contribution in [0.4, 0.5) is 0 Å². The smallest absolute Gasteiger partial charge is 0.164 e. The second kappa shape index (κ2) is 15.0. The van der Waals surface area contributed by atoms with Crippen molar-refractivity contribution < 1.29 is 0 Å². The van der Waals surface area contributed by atoms with Gasteiger partial charge < -0.3 is 0 Å². The van der Waals surface area contributed by atoms with Crippen LogP contribution in [-0.2, 0) is 0 Å². The molecular formula is C55H35N5. The zero-order chi connectivity index (χ0) is 39.8. The Hall–Kier alpha value is -8.15. The van der Waals surface area contributed by atoms with E-state index in [4.69, 9.17) is 24.9 Å². The highest BCUT2D eigenvalue weighted by atomic mass is 15.0. The van der Waals surface area contributed by atoms with Crippen LogP contribution in [-0.4, -0.2) is 24.9 Å². The molecule has 11 aromatic rings. The third-order valence-corrected chi connectivity index (χ3v) is 11.1. The lowest BCUT2D eigenvalue weighted by atomic mass is 9.93. The van der Waals surface area contributed by atoms with E-state index < -0.39 is 0 Å². The third-order valence-electron chi connectivity index (χ3n) is 11.1. The summed E-state index contributed by atoms with van der Waals surface area (Å²) in [6, 6.07) is 73.5. The van der Waals surface area contributed by atoms with Crippen molar-refractivity contribution in [2.45, 2.75) is 0 Å². The molecule has 11 rings (SSSR count). The van der Waals surface area contributed by atoms with E-state index in [1.54, 1.807) is 0 Å². The van der Waals surface area contributed by atoms with E-state index in [0.29, 0.717) is 23.3 Å². The average Bonchev–Trinajstić information content (AvgIpc) is 3.34. The van der Waals surface area contributed by atoms with Crippen LogP contribution >= 0.6 is 0 Å². The van der Waals surface area contributed by atoms with Crippen molar-refractivity contribution in [3.05, 3.63) is 212 Å². The molecule has 5 nitrogen and oxygen atoms in total. The Balaban J connectivity index is 0.987. The lowest BCUT2D eigenvalue weighted by Gasteiger charge is -2.13. The van der Waals surface area contributed by atoms with Gasteiger partial charge in [0.25, 0.3) is 0 Å². The first-order valence-electron chi connectivity index (χ1n) is 20.1.